The number of benzene rings is 2. The summed E-state index contributed by atoms with van der Waals surface area (Å²) in [4.78, 5) is 12.3. The van der Waals surface area contributed by atoms with Crippen LogP contribution in [-0.4, -0.2) is 31.1 Å². The minimum absolute atomic E-state index is 0.0376. The maximum absolute atomic E-state index is 13.3. The van der Waals surface area contributed by atoms with Gasteiger partial charge in [0.05, 0.1) is 21.7 Å². The molecule has 2 unspecified atom stereocenters. The van der Waals surface area contributed by atoms with Gasteiger partial charge in [0.2, 0.25) is 10.0 Å². The average Bonchev–Trinajstić information content (AvgIpc) is 2.66. The van der Waals surface area contributed by atoms with Gasteiger partial charge in [-0.15, -0.1) is 0 Å². The first kappa shape index (κ1) is 23.0. The van der Waals surface area contributed by atoms with Gasteiger partial charge in [0.25, 0.3) is 5.91 Å². The molecule has 162 valence electrons. The first-order valence-electron chi connectivity index (χ1n) is 9.30. The Morgan fingerprint density at radius 2 is 1.90 bits per heavy atom. The topological polar surface area (TPSA) is 95.5 Å². The number of amides is 1. The van der Waals surface area contributed by atoms with Crippen LogP contribution in [0.25, 0.3) is 0 Å². The van der Waals surface area contributed by atoms with Crippen LogP contribution in [0.15, 0.2) is 41.3 Å². The normalized spacial score (nSPS) is 22.0. The summed E-state index contributed by atoms with van der Waals surface area (Å²) in [6, 6.07) is 6.86. The third kappa shape index (κ3) is 5.12. The third-order valence-electron chi connectivity index (χ3n) is 5.13. The summed E-state index contributed by atoms with van der Waals surface area (Å²) in [7, 11) is -4.10. The number of rotatable bonds is 5. The van der Waals surface area contributed by atoms with E-state index in [1.807, 2.05) is 0 Å². The summed E-state index contributed by atoms with van der Waals surface area (Å²) in [5.74, 6) is -1.24. The molecule has 0 aliphatic heterocycles. The molecule has 2 aromatic rings. The predicted octanol–water partition coefficient (Wildman–Crippen LogP) is 4.36. The second-order valence-corrected chi connectivity index (χ2v) is 10.0. The molecule has 10 heteroatoms. The van der Waals surface area contributed by atoms with Crippen LogP contribution < -0.4 is 10.0 Å². The van der Waals surface area contributed by atoms with Crippen molar-refractivity contribution in [1.29, 1.82) is 0 Å². The Labute approximate surface area is 184 Å². The highest BCUT2D eigenvalue weighted by Gasteiger charge is 2.37. The number of nitrogens with one attached hydrogen (secondary N) is 2. The van der Waals surface area contributed by atoms with E-state index in [9.17, 15) is 22.7 Å². The molecule has 0 saturated heterocycles. The molecule has 1 saturated carbocycles. The maximum Gasteiger partial charge on any atom is 0.255 e. The molecule has 0 aromatic heterocycles. The molecule has 3 N–H and O–H groups in total. The monoisotopic (exact) mass is 474 g/mol. The predicted molar refractivity (Wildman–Crippen MR) is 114 cm³/mol. The summed E-state index contributed by atoms with van der Waals surface area (Å²) in [5, 5.41) is 12.8. The molecule has 0 spiro atoms. The van der Waals surface area contributed by atoms with Crippen LogP contribution in [0.1, 0.15) is 43.0 Å². The zero-order chi connectivity index (χ0) is 22.1. The molecule has 6 nitrogen and oxygen atoms in total. The highest BCUT2D eigenvalue weighted by Crippen LogP contribution is 2.31. The number of hydrogen-bond acceptors (Lipinski definition) is 4. The van der Waals surface area contributed by atoms with Crippen molar-refractivity contribution in [2.75, 3.05) is 5.32 Å². The van der Waals surface area contributed by atoms with Crippen LogP contribution in [0.2, 0.25) is 10.0 Å². The first-order chi connectivity index (χ1) is 14.0. The third-order valence-corrected chi connectivity index (χ3v) is 7.38. The molecule has 2 aromatic carbocycles. The van der Waals surface area contributed by atoms with Crippen molar-refractivity contribution in [1.82, 2.24) is 4.72 Å². The first-order valence-corrected chi connectivity index (χ1v) is 11.5. The smallest absolute Gasteiger partial charge is 0.255 e. The van der Waals surface area contributed by atoms with E-state index in [4.69, 9.17) is 23.2 Å². The molecular formula is C20H21Cl2FN2O4S. The largest absolute Gasteiger partial charge is 0.389 e. The fourth-order valence-corrected chi connectivity index (χ4v) is 5.46. The molecule has 0 radical (unpaired) electrons. The standard InChI is InChI=1S/C20H21Cl2FN2O4S/c1-20(27)9-3-2-4-18(20)25-30(28,29)17-10-12(5-7-14(17)21)19(26)24-13-6-8-16(23)15(22)11-13/h5-8,10-11,18,25,27H,2-4,9H2,1H3,(H,24,26). The van der Waals surface area contributed by atoms with E-state index in [1.165, 1.54) is 24.3 Å². The zero-order valence-electron chi connectivity index (χ0n) is 16.1. The lowest BCUT2D eigenvalue weighted by Crippen LogP contribution is -2.52. The Bertz CT molecular complexity index is 1080. The summed E-state index contributed by atoms with van der Waals surface area (Å²) < 4.78 is 41.7. The number of sulfonamides is 1. The molecule has 1 amide bonds. The van der Waals surface area contributed by atoms with Gasteiger partial charge >= 0.3 is 0 Å². The lowest BCUT2D eigenvalue weighted by atomic mass is 9.82. The van der Waals surface area contributed by atoms with Gasteiger partial charge in [0.1, 0.15) is 10.7 Å². The van der Waals surface area contributed by atoms with Crippen molar-refractivity contribution < 1.29 is 22.7 Å². The molecule has 0 bridgehead atoms. The summed E-state index contributed by atoms with van der Waals surface area (Å²) >= 11 is 11.8. The van der Waals surface area contributed by atoms with Gasteiger partial charge in [0, 0.05) is 11.3 Å². The SMILES string of the molecule is CC1(O)CCCCC1NS(=O)(=O)c1cc(C(=O)Nc2ccc(F)c(Cl)c2)ccc1Cl. The Balaban J connectivity index is 1.84. The van der Waals surface area contributed by atoms with E-state index >= 15 is 0 Å². The van der Waals surface area contributed by atoms with Crippen LogP contribution in [-0.2, 0) is 10.0 Å². The van der Waals surface area contributed by atoms with Crippen molar-refractivity contribution in [2.45, 2.75) is 49.1 Å². The van der Waals surface area contributed by atoms with Crippen LogP contribution in [0.3, 0.4) is 0 Å². The van der Waals surface area contributed by atoms with Crippen LogP contribution in [0.5, 0.6) is 0 Å². The molecule has 1 aliphatic rings. The number of carbonyl (C=O) groups is 1. The number of halogens is 3. The van der Waals surface area contributed by atoms with Crippen LogP contribution in [0, 0.1) is 5.82 Å². The Morgan fingerprint density at radius 1 is 1.17 bits per heavy atom. The van der Waals surface area contributed by atoms with E-state index in [1.54, 1.807) is 6.92 Å². The average molecular weight is 475 g/mol. The van der Waals surface area contributed by atoms with E-state index in [-0.39, 0.29) is 26.2 Å². The molecule has 2 atom stereocenters. The van der Waals surface area contributed by atoms with Gasteiger partial charge in [-0.05, 0) is 56.2 Å². The second-order valence-electron chi connectivity index (χ2n) is 7.51. The van der Waals surface area contributed by atoms with E-state index in [0.29, 0.717) is 12.8 Å². The maximum atomic E-state index is 13.3. The summed E-state index contributed by atoms with van der Waals surface area (Å²) in [6.45, 7) is 1.60. The van der Waals surface area contributed by atoms with Crippen molar-refractivity contribution in [3.8, 4) is 0 Å². The number of carbonyl (C=O) groups excluding carboxylic acids is 1. The molecule has 1 aliphatic carbocycles. The van der Waals surface area contributed by atoms with Crippen molar-refractivity contribution in [2.24, 2.45) is 0 Å². The number of hydrogen-bond donors (Lipinski definition) is 3. The molecule has 3 rings (SSSR count). The molecular weight excluding hydrogens is 454 g/mol. The highest BCUT2D eigenvalue weighted by atomic mass is 35.5. The van der Waals surface area contributed by atoms with E-state index in [2.05, 4.69) is 10.0 Å². The van der Waals surface area contributed by atoms with E-state index in [0.717, 1.165) is 25.0 Å². The molecule has 1 fully saturated rings. The van der Waals surface area contributed by atoms with Gasteiger partial charge in [0.15, 0.2) is 0 Å². The lowest BCUT2D eigenvalue weighted by molar-refractivity contribution is -0.00220. The quantitative estimate of drug-likeness (QED) is 0.599. The fourth-order valence-electron chi connectivity index (χ4n) is 3.38. The Morgan fingerprint density at radius 3 is 2.57 bits per heavy atom. The van der Waals surface area contributed by atoms with Gasteiger partial charge < -0.3 is 10.4 Å². The molecule has 0 heterocycles. The minimum Gasteiger partial charge on any atom is -0.389 e. The van der Waals surface area contributed by atoms with Gasteiger partial charge in [-0.25, -0.2) is 17.5 Å². The van der Waals surface area contributed by atoms with Crippen LogP contribution in [0.4, 0.5) is 10.1 Å². The van der Waals surface area contributed by atoms with Crippen molar-refractivity contribution in [3.63, 3.8) is 0 Å². The number of aliphatic hydroxyl groups is 1. The van der Waals surface area contributed by atoms with Crippen LogP contribution >= 0.6 is 23.2 Å². The summed E-state index contributed by atoms with van der Waals surface area (Å²) in [6.07, 6.45) is 2.58. The molecule has 30 heavy (non-hydrogen) atoms. The van der Waals surface area contributed by atoms with Crippen molar-refractivity contribution in [3.05, 3.63) is 57.8 Å². The Hall–Kier alpha value is -1.71. The summed E-state index contributed by atoms with van der Waals surface area (Å²) in [5.41, 5.74) is -0.882. The lowest BCUT2D eigenvalue weighted by Gasteiger charge is -2.37. The fraction of sp³-hybridized carbons (Fsp3) is 0.350. The Kier molecular flexibility index (Phi) is 6.74. The number of anilines is 1. The van der Waals surface area contributed by atoms with Gasteiger partial charge in [-0.3, -0.25) is 4.79 Å². The highest BCUT2D eigenvalue weighted by molar-refractivity contribution is 7.89. The minimum atomic E-state index is -4.10. The van der Waals surface area contributed by atoms with Gasteiger partial charge in [-0.2, -0.15) is 0 Å². The van der Waals surface area contributed by atoms with Gasteiger partial charge in [-0.1, -0.05) is 36.0 Å². The van der Waals surface area contributed by atoms with E-state index < -0.39 is 33.4 Å². The van der Waals surface area contributed by atoms with Crippen molar-refractivity contribution >= 4 is 44.8 Å². The zero-order valence-corrected chi connectivity index (χ0v) is 18.4. The second kappa shape index (κ2) is 8.80.